The van der Waals surface area contributed by atoms with Crippen LogP contribution < -0.4 is 5.32 Å². The van der Waals surface area contributed by atoms with E-state index < -0.39 is 0 Å². The minimum absolute atomic E-state index is 0.0122. The molecule has 1 N–H and O–H groups in total. The van der Waals surface area contributed by atoms with Gasteiger partial charge in [0.05, 0.1) is 12.2 Å². The van der Waals surface area contributed by atoms with Gasteiger partial charge in [0.25, 0.3) is 0 Å². The molecule has 0 bridgehead atoms. The fourth-order valence-corrected chi connectivity index (χ4v) is 3.39. The third-order valence-electron chi connectivity index (χ3n) is 3.94. The maximum atomic E-state index is 5.79. The van der Waals surface area contributed by atoms with Crippen LogP contribution >= 0.6 is 15.9 Å². The van der Waals surface area contributed by atoms with Crippen LogP contribution in [0.5, 0.6) is 0 Å². The van der Waals surface area contributed by atoms with Gasteiger partial charge in [-0.3, -0.25) is 4.90 Å². The fraction of sp³-hybridized carbons (Fsp3) is 0.647. The summed E-state index contributed by atoms with van der Waals surface area (Å²) in [6, 6.07) is 9.04. The Balaban J connectivity index is 1.94. The topological polar surface area (TPSA) is 24.5 Å². The number of ether oxygens (including phenoxy) is 1. The lowest BCUT2D eigenvalue weighted by molar-refractivity contribution is -0.0864. The van der Waals surface area contributed by atoms with Gasteiger partial charge in [-0.05, 0) is 44.5 Å². The highest BCUT2D eigenvalue weighted by molar-refractivity contribution is 9.10. The van der Waals surface area contributed by atoms with Crippen molar-refractivity contribution in [3.05, 3.63) is 34.3 Å². The van der Waals surface area contributed by atoms with Crippen LogP contribution in [0.1, 0.15) is 38.8 Å². The van der Waals surface area contributed by atoms with E-state index in [1.165, 1.54) is 5.56 Å². The molecular formula is C17H27BrN2O. The molecule has 1 aliphatic heterocycles. The second-order valence-corrected chi connectivity index (χ2v) is 7.25. The molecule has 21 heavy (non-hydrogen) atoms. The first-order valence-electron chi connectivity index (χ1n) is 7.85. The highest BCUT2D eigenvalue weighted by atomic mass is 79.9. The Morgan fingerprint density at radius 1 is 1.43 bits per heavy atom. The Bertz CT molecular complexity index is 450. The molecule has 1 atom stereocenters. The van der Waals surface area contributed by atoms with Crippen LogP contribution in [-0.4, -0.2) is 43.3 Å². The van der Waals surface area contributed by atoms with Gasteiger partial charge in [-0.1, -0.05) is 35.0 Å². The molecule has 118 valence electrons. The number of halogens is 1. The van der Waals surface area contributed by atoms with E-state index in [9.17, 15) is 0 Å². The van der Waals surface area contributed by atoms with Crippen LogP contribution in [-0.2, 0) is 4.74 Å². The molecule has 1 unspecified atom stereocenters. The Morgan fingerprint density at radius 2 is 2.24 bits per heavy atom. The van der Waals surface area contributed by atoms with Gasteiger partial charge in [0, 0.05) is 30.1 Å². The first-order chi connectivity index (χ1) is 10.00. The Kier molecular flexibility index (Phi) is 6.23. The number of hydrogen-bond acceptors (Lipinski definition) is 3. The molecule has 0 radical (unpaired) electrons. The van der Waals surface area contributed by atoms with Crippen molar-refractivity contribution in [3.8, 4) is 0 Å². The summed E-state index contributed by atoms with van der Waals surface area (Å²) in [4.78, 5) is 2.52. The molecule has 1 saturated heterocycles. The third kappa shape index (κ3) is 5.37. The molecule has 1 aromatic carbocycles. The SMILES string of the molecule is CCNC(CCN1CCOC(C)(C)C1)c1cccc(Br)c1. The van der Waals surface area contributed by atoms with Crippen LogP contribution in [0, 0.1) is 0 Å². The molecule has 0 aliphatic carbocycles. The van der Waals surface area contributed by atoms with Gasteiger partial charge in [-0.2, -0.15) is 0 Å². The average molecular weight is 355 g/mol. The molecule has 1 heterocycles. The zero-order valence-electron chi connectivity index (χ0n) is 13.4. The van der Waals surface area contributed by atoms with Gasteiger partial charge in [0.15, 0.2) is 0 Å². The van der Waals surface area contributed by atoms with Crippen LogP contribution in [0.25, 0.3) is 0 Å². The largest absolute Gasteiger partial charge is 0.373 e. The van der Waals surface area contributed by atoms with Gasteiger partial charge in [0.2, 0.25) is 0 Å². The molecule has 1 aromatic rings. The van der Waals surface area contributed by atoms with Crippen molar-refractivity contribution in [3.63, 3.8) is 0 Å². The first kappa shape index (κ1) is 16.9. The van der Waals surface area contributed by atoms with E-state index in [1.807, 2.05) is 0 Å². The molecule has 1 fully saturated rings. The molecule has 2 rings (SSSR count). The highest BCUT2D eigenvalue weighted by Crippen LogP contribution is 2.23. The van der Waals surface area contributed by atoms with E-state index in [0.717, 1.165) is 43.7 Å². The van der Waals surface area contributed by atoms with Gasteiger partial charge < -0.3 is 10.1 Å². The summed E-state index contributed by atoms with van der Waals surface area (Å²) in [7, 11) is 0. The van der Waals surface area contributed by atoms with Crippen molar-refractivity contribution in [1.29, 1.82) is 0 Å². The maximum absolute atomic E-state index is 5.79. The van der Waals surface area contributed by atoms with Crippen LogP contribution in [0.4, 0.5) is 0 Å². The Hall–Kier alpha value is -0.420. The second kappa shape index (κ2) is 7.73. The summed E-state index contributed by atoms with van der Waals surface area (Å²) >= 11 is 3.57. The van der Waals surface area contributed by atoms with Crippen molar-refractivity contribution in [2.24, 2.45) is 0 Å². The minimum atomic E-state index is -0.0122. The normalized spacial score (nSPS) is 20.4. The van der Waals surface area contributed by atoms with Crippen molar-refractivity contribution in [1.82, 2.24) is 10.2 Å². The van der Waals surface area contributed by atoms with Crippen molar-refractivity contribution >= 4 is 15.9 Å². The molecule has 0 spiro atoms. The summed E-state index contributed by atoms with van der Waals surface area (Å²) in [6.07, 6.45) is 1.13. The van der Waals surface area contributed by atoms with E-state index in [2.05, 4.69) is 71.2 Å². The van der Waals surface area contributed by atoms with E-state index in [0.29, 0.717) is 6.04 Å². The standard InChI is InChI=1S/C17H27BrN2O/c1-4-19-16(14-6-5-7-15(18)12-14)8-9-20-10-11-21-17(2,3)13-20/h5-7,12,16,19H,4,8-11,13H2,1-3H3. The van der Waals surface area contributed by atoms with Crippen LogP contribution in [0.15, 0.2) is 28.7 Å². The monoisotopic (exact) mass is 354 g/mol. The van der Waals surface area contributed by atoms with Crippen LogP contribution in [0.2, 0.25) is 0 Å². The molecular weight excluding hydrogens is 328 g/mol. The van der Waals surface area contributed by atoms with E-state index in [-0.39, 0.29) is 5.60 Å². The Labute approximate surface area is 137 Å². The summed E-state index contributed by atoms with van der Waals surface area (Å²) < 4.78 is 6.94. The molecule has 0 amide bonds. The smallest absolute Gasteiger partial charge is 0.0753 e. The lowest BCUT2D eigenvalue weighted by Crippen LogP contribution is -2.48. The van der Waals surface area contributed by atoms with Gasteiger partial charge in [-0.25, -0.2) is 0 Å². The number of benzene rings is 1. The predicted octanol–water partition coefficient (Wildman–Crippen LogP) is 3.60. The van der Waals surface area contributed by atoms with Crippen molar-refractivity contribution in [2.75, 3.05) is 32.8 Å². The molecule has 0 saturated carbocycles. The average Bonchev–Trinajstić information content (AvgIpc) is 2.42. The summed E-state index contributed by atoms with van der Waals surface area (Å²) in [5, 5.41) is 3.61. The number of morpholine rings is 1. The maximum Gasteiger partial charge on any atom is 0.0753 e. The lowest BCUT2D eigenvalue weighted by atomic mass is 10.0. The zero-order valence-corrected chi connectivity index (χ0v) is 14.9. The van der Waals surface area contributed by atoms with Crippen molar-refractivity contribution in [2.45, 2.75) is 38.8 Å². The summed E-state index contributed by atoms with van der Waals surface area (Å²) in [6.45, 7) is 11.5. The van der Waals surface area contributed by atoms with E-state index in [4.69, 9.17) is 4.74 Å². The fourth-order valence-electron chi connectivity index (χ4n) is 2.97. The molecule has 0 aromatic heterocycles. The predicted molar refractivity (Wildman–Crippen MR) is 91.6 cm³/mol. The molecule has 3 nitrogen and oxygen atoms in total. The zero-order chi connectivity index (χ0) is 15.3. The third-order valence-corrected chi connectivity index (χ3v) is 4.43. The lowest BCUT2D eigenvalue weighted by Gasteiger charge is -2.38. The number of nitrogens with one attached hydrogen (secondary N) is 1. The number of rotatable bonds is 6. The van der Waals surface area contributed by atoms with Crippen molar-refractivity contribution < 1.29 is 4.74 Å². The van der Waals surface area contributed by atoms with Crippen LogP contribution in [0.3, 0.4) is 0 Å². The van der Waals surface area contributed by atoms with Gasteiger partial charge in [-0.15, -0.1) is 0 Å². The van der Waals surface area contributed by atoms with Gasteiger partial charge >= 0.3 is 0 Å². The quantitative estimate of drug-likeness (QED) is 0.844. The molecule has 1 aliphatic rings. The second-order valence-electron chi connectivity index (χ2n) is 6.34. The van der Waals surface area contributed by atoms with Gasteiger partial charge in [0.1, 0.15) is 0 Å². The summed E-state index contributed by atoms with van der Waals surface area (Å²) in [5.41, 5.74) is 1.35. The highest BCUT2D eigenvalue weighted by Gasteiger charge is 2.27. The first-order valence-corrected chi connectivity index (χ1v) is 8.64. The Morgan fingerprint density at radius 3 is 2.90 bits per heavy atom. The minimum Gasteiger partial charge on any atom is -0.373 e. The number of nitrogens with zero attached hydrogens (tertiary/aromatic N) is 1. The number of hydrogen-bond donors (Lipinski definition) is 1. The summed E-state index contributed by atoms with van der Waals surface area (Å²) in [5.74, 6) is 0. The van der Waals surface area contributed by atoms with E-state index >= 15 is 0 Å². The van der Waals surface area contributed by atoms with E-state index in [1.54, 1.807) is 0 Å². The molecule has 4 heteroatoms.